The largest absolute Gasteiger partial charge is 0.489 e. The van der Waals surface area contributed by atoms with Gasteiger partial charge in [-0.05, 0) is 36.8 Å². The topological polar surface area (TPSA) is 35.2 Å². The second kappa shape index (κ2) is 7.12. The van der Waals surface area contributed by atoms with Gasteiger partial charge in [0.05, 0.1) is 11.6 Å². The van der Waals surface area contributed by atoms with E-state index in [9.17, 15) is 4.39 Å². The Morgan fingerprint density at radius 2 is 2.10 bits per heavy atom. The molecule has 2 aromatic rings. The molecule has 0 spiro atoms. The highest BCUT2D eigenvalue weighted by Crippen LogP contribution is 2.22. The zero-order valence-corrected chi connectivity index (χ0v) is 12.4. The van der Waals surface area contributed by atoms with Gasteiger partial charge >= 0.3 is 0 Å². The molecule has 108 valence electrons. The van der Waals surface area contributed by atoms with E-state index in [2.05, 4.69) is 11.8 Å². The maximum atomic E-state index is 13.3. The Morgan fingerprint density at radius 1 is 1.29 bits per heavy atom. The minimum Gasteiger partial charge on any atom is -0.489 e. The summed E-state index contributed by atoms with van der Waals surface area (Å²) < 4.78 is 19.0. The smallest absolute Gasteiger partial charge is 0.142 e. The third-order valence-electron chi connectivity index (χ3n) is 2.95. The summed E-state index contributed by atoms with van der Waals surface area (Å²) in [6.45, 7) is 2.49. The Kier molecular flexibility index (Phi) is 5.21. The average Bonchev–Trinajstić information content (AvgIpc) is 2.48. The van der Waals surface area contributed by atoms with E-state index in [1.807, 2.05) is 25.1 Å². The predicted octanol–water partition coefficient (Wildman–Crippen LogP) is 3.68. The Bertz CT molecular complexity index is 704. The minimum atomic E-state index is -0.443. The first-order valence-corrected chi connectivity index (χ1v) is 6.85. The van der Waals surface area contributed by atoms with E-state index in [1.54, 1.807) is 12.1 Å². The maximum Gasteiger partial charge on any atom is 0.142 e. The molecule has 0 bridgehead atoms. The summed E-state index contributed by atoms with van der Waals surface area (Å²) in [6.07, 6.45) is 0. The van der Waals surface area contributed by atoms with Crippen LogP contribution in [0.25, 0.3) is 0 Å². The molecular weight excluding hydrogens is 289 g/mol. The van der Waals surface area contributed by atoms with Crippen molar-refractivity contribution in [3.63, 3.8) is 0 Å². The van der Waals surface area contributed by atoms with Gasteiger partial charge in [0.15, 0.2) is 0 Å². The summed E-state index contributed by atoms with van der Waals surface area (Å²) in [5, 5.41) is 0.0969. The highest BCUT2D eigenvalue weighted by atomic mass is 35.5. The second-order valence-corrected chi connectivity index (χ2v) is 4.86. The fourth-order valence-corrected chi connectivity index (χ4v) is 2.01. The summed E-state index contributed by atoms with van der Waals surface area (Å²) in [6, 6.07) is 10.2. The molecule has 0 aliphatic heterocycles. The Balaban J connectivity index is 2.10. The lowest BCUT2D eigenvalue weighted by atomic mass is 10.1. The van der Waals surface area contributed by atoms with Crippen LogP contribution in [0, 0.1) is 24.6 Å². The van der Waals surface area contributed by atoms with Crippen LogP contribution >= 0.6 is 11.6 Å². The lowest BCUT2D eigenvalue weighted by molar-refractivity contribution is 0.305. The molecule has 0 atom stereocenters. The van der Waals surface area contributed by atoms with Crippen molar-refractivity contribution in [2.24, 2.45) is 5.73 Å². The standard InChI is InChI=1S/C17H15ClFNO/c1-12-10-15(8-7-13(12)5-3-9-20)21-11-14-4-2-6-16(19)17(14)18/h2,4,6-8,10H,9,11,20H2,1H3. The summed E-state index contributed by atoms with van der Waals surface area (Å²) in [4.78, 5) is 0. The molecule has 0 amide bonds. The fourth-order valence-electron chi connectivity index (χ4n) is 1.83. The van der Waals surface area contributed by atoms with Crippen molar-refractivity contribution >= 4 is 11.6 Å². The Hall–Kier alpha value is -2.02. The molecule has 0 heterocycles. The molecule has 2 nitrogen and oxygen atoms in total. The Labute approximate surface area is 128 Å². The van der Waals surface area contributed by atoms with Crippen LogP contribution in [0.5, 0.6) is 5.75 Å². The van der Waals surface area contributed by atoms with E-state index < -0.39 is 5.82 Å². The number of hydrogen-bond acceptors (Lipinski definition) is 2. The zero-order chi connectivity index (χ0) is 15.2. The monoisotopic (exact) mass is 303 g/mol. The number of halogens is 2. The summed E-state index contributed by atoms with van der Waals surface area (Å²) in [7, 11) is 0. The minimum absolute atomic E-state index is 0.0969. The maximum absolute atomic E-state index is 13.3. The summed E-state index contributed by atoms with van der Waals surface area (Å²) >= 11 is 5.89. The highest BCUT2D eigenvalue weighted by Gasteiger charge is 2.06. The number of hydrogen-bond donors (Lipinski definition) is 1. The molecule has 0 aliphatic rings. The van der Waals surface area contributed by atoms with Crippen LogP contribution in [0.2, 0.25) is 5.02 Å². The SMILES string of the molecule is Cc1cc(OCc2cccc(F)c2Cl)ccc1C#CCN. The van der Waals surface area contributed by atoms with Gasteiger partial charge in [-0.2, -0.15) is 0 Å². The quantitative estimate of drug-likeness (QED) is 0.878. The van der Waals surface area contributed by atoms with E-state index in [0.29, 0.717) is 17.9 Å². The van der Waals surface area contributed by atoms with Crippen molar-refractivity contribution in [1.29, 1.82) is 0 Å². The number of rotatable bonds is 3. The normalized spacial score (nSPS) is 9.90. The van der Waals surface area contributed by atoms with E-state index in [4.69, 9.17) is 22.1 Å². The Morgan fingerprint density at radius 3 is 2.81 bits per heavy atom. The van der Waals surface area contributed by atoms with Crippen molar-refractivity contribution in [3.05, 3.63) is 63.9 Å². The molecular formula is C17H15ClFNO. The lowest BCUT2D eigenvalue weighted by Crippen LogP contribution is -1.98. The van der Waals surface area contributed by atoms with E-state index in [0.717, 1.165) is 11.1 Å². The van der Waals surface area contributed by atoms with Gasteiger partial charge in [-0.25, -0.2) is 4.39 Å². The fraction of sp³-hybridized carbons (Fsp3) is 0.176. The molecule has 21 heavy (non-hydrogen) atoms. The van der Waals surface area contributed by atoms with Crippen LogP contribution in [-0.2, 0) is 6.61 Å². The van der Waals surface area contributed by atoms with Gasteiger partial charge in [-0.1, -0.05) is 35.6 Å². The highest BCUT2D eigenvalue weighted by molar-refractivity contribution is 6.31. The first-order chi connectivity index (χ1) is 10.1. The molecule has 0 aliphatic carbocycles. The number of benzene rings is 2. The molecule has 4 heteroatoms. The van der Waals surface area contributed by atoms with E-state index >= 15 is 0 Å². The molecule has 0 fully saturated rings. The van der Waals surface area contributed by atoms with Crippen molar-refractivity contribution in [2.75, 3.05) is 6.54 Å². The molecule has 0 unspecified atom stereocenters. The van der Waals surface area contributed by atoms with Crippen LogP contribution in [0.15, 0.2) is 36.4 Å². The molecule has 2 rings (SSSR count). The van der Waals surface area contributed by atoms with Crippen molar-refractivity contribution in [1.82, 2.24) is 0 Å². The van der Waals surface area contributed by atoms with Crippen LogP contribution in [-0.4, -0.2) is 6.54 Å². The molecule has 0 saturated carbocycles. The van der Waals surface area contributed by atoms with Gasteiger partial charge in [0, 0.05) is 11.1 Å². The van der Waals surface area contributed by atoms with Crippen LogP contribution in [0.3, 0.4) is 0 Å². The lowest BCUT2D eigenvalue weighted by Gasteiger charge is -2.09. The predicted molar refractivity (Wildman–Crippen MR) is 82.9 cm³/mol. The zero-order valence-electron chi connectivity index (χ0n) is 11.6. The van der Waals surface area contributed by atoms with Crippen LogP contribution < -0.4 is 10.5 Å². The molecule has 0 saturated heterocycles. The molecule has 2 N–H and O–H groups in total. The van der Waals surface area contributed by atoms with E-state index in [-0.39, 0.29) is 11.6 Å². The molecule has 0 radical (unpaired) electrons. The van der Waals surface area contributed by atoms with Gasteiger partial charge in [0.2, 0.25) is 0 Å². The summed E-state index contributed by atoms with van der Waals surface area (Å²) in [5.41, 5.74) is 7.88. The van der Waals surface area contributed by atoms with Gasteiger partial charge in [-0.3, -0.25) is 0 Å². The molecule has 2 aromatic carbocycles. The van der Waals surface area contributed by atoms with Crippen LogP contribution in [0.4, 0.5) is 4.39 Å². The number of ether oxygens (including phenoxy) is 1. The van der Waals surface area contributed by atoms with Gasteiger partial charge < -0.3 is 10.5 Å². The van der Waals surface area contributed by atoms with E-state index in [1.165, 1.54) is 6.07 Å². The second-order valence-electron chi connectivity index (χ2n) is 4.48. The summed E-state index contributed by atoms with van der Waals surface area (Å²) in [5.74, 6) is 6.05. The van der Waals surface area contributed by atoms with Crippen LogP contribution in [0.1, 0.15) is 16.7 Å². The average molecular weight is 304 g/mol. The molecule has 0 aromatic heterocycles. The third-order valence-corrected chi connectivity index (χ3v) is 3.37. The third kappa shape index (κ3) is 3.98. The first-order valence-electron chi connectivity index (χ1n) is 6.47. The number of aryl methyl sites for hydroxylation is 1. The van der Waals surface area contributed by atoms with Crippen molar-refractivity contribution < 1.29 is 9.13 Å². The number of nitrogens with two attached hydrogens (primary N) is 1. The van der Waals surface area contributed by atoms with Gasteiger partial charge in [0.1, 0.15) is 18.2 Å². The van der Waals surface area contributed by atoms with Gasteiger partial charge in [0.25, 0.3) is 0 Å². The van der Waals surface area contributed by atoms with Crippen molar-refractivity contribution in [2.45, 2.75) is 13.5 Å². The van der Waals surface area contributed by atoms with Crippen molar-refractivity contribution in [3.8, 4) is 17.6 Å². The van der Waals surface area contributed by atoms with Gasteiger partial charge in [-0.15, -0.1) is 0 Å². The first kappa shape index (κ1) is 15.4.